The van der Waals surface area contributed by atoms with Crippen molar-refractivity contribution in [3.63, 3.8) is 0 Å². The van der Waals surface area contributed by atoms with Gasteiger partial charge in [0.2, 0.25) is 5.91 Å². The molecule has 28 heavy (non-hydrogen) atoms. The van der Waals surface area contributed by atoms with Gasteiger partial charge in [0, 0.05) is 22.8 Å². The number of aromatic nitrogens is 3. The second-order valence-corrected chi connectivity index (χ2v) is 7.22. The summed E-state index contributed by atoms with van der Waals surface area (Å²) in [7, 11) is 0. The molecule has 1 atom stereocenters. The van der Waals surface area contributed by atoms with E-state index in [1.165, 1.54) is 6.07 Å². The first kappa shape index (κ1) is 18.0. The van der Waals surface area contributed by atoms with E-state index in [0.29, 0.717) is 5.65 Å². The van der Waals surface area contributed by atoms with E-state index < -0.39 is 6.04 Å². The number of benzene rings is 2. The minimum atomic E-state index is -0.508. The summed E-state index contributed by atoms with van der Waals surface area (Å²) in [4.78, 5) is 29.2. The van der Waals surface area contributed by atoms with E-state index in [-0.39, 0.29) is 11.5 Å². The Morgan fingerprint density at radius 3 is 2.57 bits per heavy atom. The lowest BCUT2D eigenvalue weighted by Gasteiger charge is -2.19. The lowest BCUT2D eigenvalue weighted by molar-refractivity contribution is -0.119. The summed E-state index contributed by atoms with van der Waals surface area (Å²) in [6, 6.07) is 14.6. The lowest BCUT2D eigenvalue weighted by atomic mass is 10.1. The summed E-state index contributed by atoms with van der Waals surface area (Å²) in [5.74, 6) is -0.132. The number of para-hydroxylation sites is 1. The van der Waals surface area contributed by atoms with Crippen LogP contribution >= 0.6 is 0 Å². The van der Waals surface area contributed by atoms with Crippen LogP contribution in [0.25, 0.3) is 16.6 Å². The topological polar surface area (TPSA) is 68.4 Å². The van der Waals surface area contributed by atoms with Crippen LogP contribution in [0.3, 0.4) is 0 Å². The lowest BCUT2D eigenvalue weighted by Crippen LogP contribution is -2.27. The van der Waals surface area contributed by atoms with Crippen LogP contribution < -0.4 is 10.9 Å². The van der Waals surface area contributed by atoms with Crippen LogP contribution in [-0.4, -0.2) is 20.1 Å². The quantitative estimate of drug-likeness (QED) is 0.593. The number of amides is 1. The van der Waals surface area contributed by atoms with E-state index in [4.69, 9.17) is 0 Å². The highest BCUT2D eigenvalue weighted by atomic mass is 16.2. The van der Waals surface area contributed by atoms with E-state index in [0.717, 1.165) is 33.4 Å². The molecule has 0 radical (unpaired) electrons. The number of fused-ring (bicyclic) bond motifs is 3. The summed E-state index contributed by atoms with van der Waals surface area (Å²) in [5, 5.41) is 3.87. The molecule has 2 heterocycles. The van der Waals surface area contributed by atoms with Gasteiger partial charge in [-0.25, -0.2) is 4.52 Å². The summed E-state index contributed by atoms with van der Waals surface area (Å²) in [6.07, 6.45) is 0. The second kappa shape index (κ2) is 6.64. The summed E-state index contributed by atoms with van der Waals surface area (Å²) in [5.41, 5.74) is 4.83. The molecule has 2 aromatic carbocycles. The molecule has 2 aromatic heterocycles. The number of hydrogen-bond donors (Lipinski definition) is 1. The smallest absolute Gasteiger partial charge is 0.273 e. The van der Waals surface area contributed by atoms with Crippen LogP contribution in [0.15, 0.2) is 53.3 Å². The third kappa shape index (κ3) is 2.87. The Balaban J connectivity index is 1.85. The van der Waals surface area contributed by atoms with Gasteiger partial charge >= 0.3 is 0 Å². The van der Waals surface area contributed by atoms with Gasteiger partial charge in [-0.05, 0) is 51.5 Å². The highest BCUT2D eigenvalue weighted by Crippen LogP contribution is 2.26. The Kier molecular flexibility index (Phi) is 4.26. The molecule has 1 amide bonds. The number of carbonyl (C=O) groups is 1. The maximum atomic E-state index is 13.1. The first-order valence-corrected chi connectivity index (χ1v) is 9.24. The minimum Gasteiger partial charge on any atom is -0.324 e. The molecule has 0 bridgehead atoms. The minimum absolute atomic E-state index is 0.132. The van der Waals surface area contributed by atoms with Gasteiger partial charge in [-0.3, -0.25) is 14.3 Å². The Morgan fingerprint density at radius 1 is 1.07 bits per heavy atom. The molecular weight excluding hydrogens is 352 g/mol. The highest BCUT2D eigenvalue weighted by molar-refractivity contribution is 5.97. The second-order valence-electron chi connectivity index (χ2n) is 7.22. The molecule has 1 N–H and O–H groups in total. The maximum absolute atomic E-state index is 13.1. The zero-order chi connectivity index (χ0) is 20.0. The normalized spacial score (nSPS) is 12.4. The first-order valence-electron chi connectivity index (χ1n) is 9.24. The van der Waals surface area contributed by atoms with Crippen molar-refractivity contribution in [2.45, 2.75) is 33.7 Å². The maximum Gasteiger partial charge on any atom is 0.273 e. The van der Waals surface area contributed by atoms with Crippen LogP contribution in [-0.2, 0) is 4.79 Å². The van der Waals surface area contributed by atoms with Crippen molar-refractivity contribution in [1.82, 2.24) is 14.2 Å². The number of rotatable bonds is 3. The molecule has 4 aromatic rings. The number of anilines is 1. The number of carbonyl (C=O) groups excluding carboxylic acids is 1. The number of hydrogen-bond acceptors (Lipinski definition) is 3. The van der Waals surface area contributed by atoms with Gasteiger partial charge in [-0.1, -0.05) is 29.8 Å². The fourth-order valence-corrected chi connectivity index (χ4v) is 3.69. The number of nitrogens with zero attached hydrogens (tertiary/aromatic N) is 3. The van der Waals surface area contributed by atoms with Crippen molar-refractivity contribution >= 4 is 28.1 Å². The monoisotopic (exact) mass is 374 g/mol. The van der Waals surface area contributed by atoms with Gasteiger partial charge in [0.05, 0.1) is 5.52 Å². The van der Waals surface area contributed by atoms with E-state index in [1.54, 1.807) is 0 Å². The summed E-state index contributed by atoms with van der Waals surface area (Å²) in [6.45, 7) is 7.70. The molecule has 0 aliphatic heterocycles. The molecule has 0 saturated heterocycles. The molecule has 142 valence electrons. The molecular formula is C22H22N4O2. The van der Waals surface area contributed by atoms with Crippen molar-refractivity contribution in [2.75, 3.05) is 5.32 Å². The zero-order valence-electron chi connectivity index (χ0n) is 16.4. The van der Waals surface area contributed by atoms with Crippen LogP contribution in [0, 0.1) is 20.8 Å². The van der Waals surface area contributed by atoms with Crippen molar-refractivity contribution in [3.8, 4) is 0 Å². The summed E-state index contributed by atoms with van der Waals surface area (Å²) < 4.78 is 3.74. The van der Waals surface area contributed by atoms with Crippen molar-refractivity contribution in [2.24, 2.45) is 0 Å². The Morgan fingerprint density at radius 2 is 1.82 bits per heavy atom. The Bertz CT molecular complexity index is 1280. The van der Waals surface area contributed by atoms with Crippen molar-refractivity contribution < 1.29 is 4.79 Å². The van der Waals surface area contributed by atoms with Gasteiger partial charge in [0.1, 0.15) is 6.04 Å². The molecule has 4 rings (SSSR count). The van der Waals surface area contributed by atoms with E-state index in [9.17, 15) is 9.59 Å². The average molecular weight is 374 g/mol. The zero-order valence-corrected chi connectivity index (χ0v) is 16.4. The molecule has 6 heteroatoms. The average Bonchev–Trinajstić information content (AvgIpc) is 2.98. The van der Waals surface area contributed by atoms with Crippen molar-refractivity contribution in [1.29, 1.82) is 0 Å². The van der Waals surface area contributed by atoms with E-state index in [1.807, 2.05) is 79.4 Å². The fourth-order valence-electron chi connectivity index (χ4n) is 3.69. The SMILES string of the molecule is Cc1ccc(NC(=O)[C@H](C)n2c3ccccc3c3nc(=O)cc(C)n32)c(C)c1. The fraction of sp³-hybridized carbons (Fsp3) is 0.227. The summed E-state index contributed by atoms with van der Waals surface area (Å²) >= 11 is 0. The third-order valence-electron chi connectivity index (χ3n) is 5.08. The Labute approximate surface area is 162 Å². The standard InChI is InChI=1S/C22H22N4O2/c1-13-9-10-18(14(2)11-13)23-22(28)16(4)26-19-8-6-5-7-17(19)21-24-20(27)12-15(3)25(21)26/h5-12,16H,1-4H3,(H,23,28)/t16-/m0/s1. The third-order valence-corrected chi connectivity index (χ3v) is 5.08. The predicted octanol–water partition coefficient (Wildman–Crippen LogP) is 3.77. The van der Waals surface area contributed by atoms with Gasteiger partial charge in [0.25, 0.3) is 5.56 Å². The van der Waals surface area contributed by atoms with E-state index >= 15 is 0 Å². The molecule has 0 aliphatic rings. The Hall–Kier alpha value is -3.41. The molecule has 0 unspecified atom stereocenters. The largest absolute Gasteiger partial charge is 0.324 e. The van der Waals surface area contributed by atoms with E-state index in [2.05, 4.69) is 10.3 Å². The van der Waals surface area contributed by atoms with Crippen LogP contribution in [0.2, 0.25) is 0 Å². The number of aryl methyl sites for hydroxylation is 3. The van der Waals surface area contributed by atoms with Gasteiger partial charge in [-0.15, -0.1) is 0 Å². The van der Waals surface area contributed by atoms with Gasteiger partial charge in [0.15, 0.2) is 5.65 Å². The molecule has 0 aliphatic carbocycles. The molecule has 0 spiro atoms. The predicted molar refractivity (Wildman–Crippen MR) is 111 cm³/mol. The van der Waals surface area contributed by atoms with Gasteiger partial charge in [-0.2, -0.15) is 4.98 Å². The van der Waals surface area contributed by atoms with Crippen LogP contribution in [0.4, 0.5) is 5.69 Å². The molecule has 0 fully saturated rings. The van der Waals surface area contributed by atoms with Gasteiger partial charge < -0.3 is 5.32 Å². The van der Waals surface area contributed by atoms with Crippen molar-refractivity contribution in [3.05, 3.63) is 75.7 Å². The number of nitrogens with one attached hydrogen (secondary N) is 1. The molecule has 0 saturated carbocycles. The molecule has 6 nitrogen and oxygen atoms in total. The first-order chi connectivity index (χ1) is 13.4. The van der Waals surface area contributed by atoms with Crippen LogP contribution in [0.1, 0.15) is 29.8 Å². The highest BCUT2D eigenvalue weighted by Gasteiger charge is 2.22. The van der Waals surface area contributed by atoms with Crippen LogP contribution in [0.5, 0.6) is 0 Å².